The molecule has 1 aliphatic heterocycles. The Morgan fingerprint density at radius 2 is 1.92 bits per heavy atom. The standard InChI is InChI=1S/C29H32N4O3/c1-2-5-23-25-17-22(8-10-27(25)36-28(23)29(34)35)33-14-12-32(13-15-33)11-4-3-6-21-19-31-26-9-7-20(18-30)16-24(21)26/h7-10,16-17,19,31H,2-6,11-15H2,1H3,(H,34,35). The molecule has 36 heavy (non-hydrogen) atoms. The number of aromatic carboxylic acids is 1. The number of carbonyl (C=O) groups is 1. The van der Waals surface area contributed by atoms with Crippen molar-refractivity contribution in [2.75, 3.05) is 37.6 Å². The van der Waals surface area contributed by atoms with E-state index in [2.05, 4.69) is 40.0 Å². The summed E-state index contributed by atoms with van der Waals surface area (Å²) in [6, 6.07) is 14.1. The number of benzene rings is 2. The van der Waals surface area contributed by atoms with Gasteiger partial charge in [-0.25, -0.2) is 4.79 Å². The van der Waals surface area contributed by atoms with Crippen molar-refractivity contribution in [3.8, 4) is 6.07 Å². The van der Waals surface area contributed by atoms with E-state index < -0.39 is 5.97 Å². The Labute approximate surface area is 210 Å². The molecule has 2 aromatic carbocycles. The van der Waals surface area contributed by atoms with Crippen molar-refractivity contribution in [1.82, 2.24) is 9.88 Å². The number of anilines is 1. The third-order valence-corrected chi connectivity index (χ3v) is 7.27. The van der Waals surface area contributed by atoms with Gasteiger partial charge in [0.15, 0.2) is 0 Å². The highest BCUT2D eigenvalue weighted by Gasteiger charge is 2.22. The highest BCUT2D eigenvalue weighted by Crippen LogP contribution is 2.31. The second kappa shape index (κ2) is 10.5. The minimum absolute atomic E-state index is 0.0759. The Bertz CT molecular complexity index is 1420. The van der Waals surface area contributed by atoms with E-state index in [9.17, 15) is 15.2 Å². The summed E-state index contributed by atoms with van der Waals surface area (Å²) in [4.78, 5) is 19.9. The maximum absolute atomic E-state index is 11.6. The molecule has 0 spiro atoms. The normalized spacial score (nSPS) is 14.5. The third kappa shape index (κ3) is 4.82. The van der Waals surface area contributed by atoms with Crippen molar-refractivity contribution in [3.05, 3.63) is 65.0 Å². The van der Waals surface area contributed by atoms with Gasteiger partial charge in [0.2, 0.25) is 5.76 Å². The SMILES string of the molecule is CCCc1c(C(=O)O)oc2ccc(N3CCN(CCCCc4c[nH]c5ccc(C#N)cc45)CC3)cc12. The molecule has 0 radical (unpaired) electrons. The molecular weight excluding hydrogens is 452 g/mol. The summed E-state index contributed by atoms with van der Waals surface area (Å²) in [5.41, 5.74) is 5.67. The van der Waals surface area contributed by atoms with Gasteiger partial charge >= 0.3 is 5.97 Å². The van der Waals surface area contributed by atoms with Crippen LogP contribution in [0.15, 0.2) is 47.0 Å². The second-order valence-electron chi connectivity index (χ2n) is 9.62. The smallest absolute Gasteiger partial charge is 0.372 e. The number of aromatic amines is 1. The molecule has 0 atom stereocenters. The molecule has 0 bridgehead atoms. The van der Waals surface area contributed by atoms with E-state index in [0.29, 0.717) is 17.6 Å². The van der Waals surface area contributed by atoms with Gasteiger partial charge < -0.3 is 19.4 Å². The Balaban J connectivity index is 1.14. The minimum Gasteiger partial charge on any atom is -0.475 e. The maximum atomic E-state index is 11.6. The molecule has 1 saturated heterocycles. The Kier molecular flexibility index (Phi) is 6.97. The Morgan fingerprint density at radius 3 is 2.67 bits per heavy atom. The molecule has 7 nitrogen and oxygen atoms in total. The number of fused-ring (bicyclic) bond motifs is 2. The van der Waals surface area contributed by atoms with E-state index in [1.807, 2.05) is 30.3 Å². The molecular formula is C29H32N4O3. The number of unbranched alkanes of at least 4 members (excludes halogenated alkanes) is 1. The van der Waals surface area contributed by atoms with Crippen LogP contribution in [-0.4, -0.2) is 53.7 Å². The summed E-state index contributed by atoms with van der Waals surface area (Å²) in [5, 5.41) is 20.8. The molecule has 7 heteroatoms. The minimum atomic E-state index is -0.999. The fourth-order valence-electron chi connectivity index (χ4n) is 5.34. The first-order valence-corrected chi connectivity index (χ1v) is 12.8. The van der Waals surface area contributed by atoms with E-state index in [4.69, 9.17) is 4.42 Å². The summed E-state index contributed by atoms with van der Waals surface area (Å²) in [6.45, 7) is 7.09. The number of H-pyrrole nitrogens is 1. The Morgan fingerprint density at radius 1 is 1.08 bits per heavy atom. The first-order valence-electron chi connectivity index (χ1n) is 12.8. The average Bonchev–Trinajstić information content (AvgIpc) is 3.48. The molecule has 2 aromatic heterocycles. The van der Waals surface area contributed by atoms with Crippen LogP contribution in [0.2, 0.25) is 0 Å². The van der Waals surface area contributed by atoms with Crippen LogP contribution in [0.5, 0.6) is 0 Å². The number of rotatable bonds is 9. The van der Waals surface area contributed by atoms with Crippen LogP contribution in [0.3, 0.4) is 0 Å². The molecule has 0 aliphatic carbocycles. The highest BCUT2D eigenvalue weighted by molar-refractivity contribution is 5.96. The molecule has 0 amide bonds. The lowest BCUT2D eigenvalue weighted by Gasteiger charge is -2.36. The zero-order valence-corrected chi connectivity index (χ0v) is 20.7. The van der Waals surface area contributed by atoms with Crippen LogP contribution in [0.4, 0.5) is 5.69 Å². The summed E-state index contributed by atoms with van der Waals surface area (Å²) in [7, 11) is 0. The van der Waals surface area contributed by atoms with E-state index >= 15 is 0 Å². The molecule has 5 rings (SSSR count). The van der Waals surface area contributed by atoms with Gasteiger partial charge in [-0.15, -0.1) is 0 Å². The average molecular weight is 485 g/mol. The molecule has 0 saturated carbocycles. The number of piperazine rings is 1. The van der Waals surface area contributed by atoms with Gasteiger partial charge in [-0.1, -0.05) is 13.3 Å². The first kappa shape index (κ1) is 24.0. The van der Waals surface area contributed by atoms with Gasteiger partial charge in [0.1, 0.15) is 5.58 Å². The predicted octanol–water partition coefficient (Wildman–Crippen LogP) is 5.58. The van der Waals surface area contributed by atoms with E-state index in [0.717, 1.165) is 85.9 Å². The number of hydrogen-bond acceptors (Lipinski definition) is 5. The molecule has 1 fully saturated rings. The number of hydrogen-bond donors (Lipinski definition) is 2. The van der Waals surface area contributed by atoms with Crippen LogP contribution >= 0.6 is 0 Å². The van der Waals surface area contributed by atoms with Crippen LogP contribution < -0.4 is 4.90 Å². The van der Waals surface area contributed by atoms with Gasteiger partial charge in [-0.2, -0.15) is 5.26 Å². The molecule has 4 aromatic rings. The van der Waals surface area contributed by atoms with E-state index in [-0.39, 0.29) is 5.76 Å². The van der Waals surface area contributed by atoms with Crippen molar-refractivity contribution < 1.29 is 14.3 Å². The van der Waals surface area contributed by atoms with Crippen LogP contribution in [0, 0.1) is 11.3 Å². The number of aryl methyl sites for hydroxylation is 2. The third-order valence-electron chi connectivity index (χ3n) is 7.27. The van der Waals surface area contributed by atoms with Gasteiger partial charge in [0.05, 0.1) is 11.6 Å². The van der Waals surface area contributed by atoms with Crippen LogP contribution in [0.25, 0.3) is 21.9 Å². The molecule has 1 aliphatic rings. The van der Waals surface area contributed by atoms with Crippen molar-refractivity contribution in [2.24, 2.45) is 0 Å². The topological polar surface area (TPSA) is 96.5 Å². The van der Waals surface area contributed by atoms with Gasteiger partial charge in [-0.05, 0) is 74.2 Å². The first-order chi connectivity index (χ1) is 17.6. The number of nitriles is 1. The zero-order chi connectivity index (χ0) is 25.1. The number of furan rings is 1. The summed E-state index contributed by atoms with van der Waals surface area (Å²) in [6.07, 6.45) is 6.92. The number of carboxylic acid groups (broad SMARTS) is 1. The second-order valence-corrected chi connectivity index (χ2v) is 9.62. The van der Waals surface area contributed by atoms with Crippen molar-refractivity contribution in [3.63, 3.8) is 0 Å². The number of nitrogens with one attached hydrogen (secondary N) is 1. The van der Waals surface area contributed by atoms with Gasteiger partial charge in [0.25, 0.3) is 0 Å². The lowest BCUT2D eigenvalue weighted by Crippen LogP contribution is -2.46. The fraction of sp³-hybridized carbons (Fsp3) is 0.379. The lowest BCUT2D eigenvalue weighted by molar-refractivity contribution is 0.0663. The Hall–Kier alpha value is -3.76. The van der Waals surface area contributed by atoms with Crippen LogP contribution in [0.1, 0.15) is 53.4 Å². The van der Waals surface area contributed by atoms with Gasteiger partial charge in [-0.3, -0.25) is 4.90 Å². The van der Waals surface area contributed by atoms with Gasteiger partial charge in [0, 0.05) is 59.9 Å². The van der Waals surface area contributed by atoms with Crippen molar-refractivity contribution in [2.45, 2.75) is 39.0 Å². The molecule has 3 heterocycles. The molecule has 0 unspecified atom stereocenters. The van der Waals surface area contributed by atoms with Crippen LogP contribution in [-0.2, 0) is 12.8 Å². The fourth-order valence-corrected chi connectivity index (χ4v) is 5.34. The number of aromatic nitrogens is 1. The quantitative estimate of drug-likeness (QED) is 0.301. The summed E-state index contributed by atoms with van der Waals surface area (Å²) in [5.74, 6) is -0.923. The lowest BCUT2D eigenvalue weighted by atomic mass is 10.0. The summed E-state index contributed by atoms with van der Waals surface area (Å²) >= 11 is 0. The molecule has 186 valence electrons. The maximum Gasteiger partial charge on any atom is 0.372 e. The zero-order valence-electron chi connectivity index (χ0n) is 20.7. The number of nitrogens with zero attached hydrogens (tertiary/aromatic N) is 3. The predicted molar refractivity (Wildman–Crippen MR) is 142 cm³/mol. The monoisotopic (exact) mass is 484 g/mol. The van der Waals surface area contributed by atoms with E-state index in [1.165, 1.54) is 5.56 Å². The summed E-state index contributed by atoms with van der Waals surface area (Å²) < 4.78 is 5.65. The van der Waals surface area contributed by atoms with E-state index in [1.54, 1.807) is 0 Å². The largest absolute Gasteiger partial charge is 0.475 e. The number of carboxylic acids is 1. The molecule has 2 N–H and O–H groups in total. The van der Waals surface area contributed by atoms with Crippen molar-refractivity contribution in [1.29, 1.82) is 5.26 Å². The highest BCUT2D eigenvalue weighted by atomic mass is 16.4. The van der Waals surface area contributed by atoms with Crippen molar-refractivity contribution >= 4 is 33.5 Å².